The van der Waals surface area contributed by atoms with Crippen LogP contribution in [0.4, 0.5) is 5.69 Å². The van der Waals surface area contributed by atoms with Gasteiger partial charge in [-0.05, 0) is 36.8 Å². The Morgan fingerprint density at radius 3 is 2.65 bits per heavy atom. The summed E-state index contributed by atoms with van der Waals surface area (Å²) in [5.74, 6) is 0.504. The van der Waals surface area contributed by atoms with Crippen LogP contribution < -0.4 is 15.8 Å². The summed E-state index contributed by atoms with van der Waals surface area (Å²) in [6.07, 6.45) is 0. The fourth-order valence-corrected chi connectivity index (χ4v) is 2.03. The van der Waals surface area contributed by atoms with Crippen LogP contribution in [0.15, 0.2) is 48.5 Å². The first-order valence-electron chi connectivity index (χ1n) is 6.41. The van der Waals surface area contributed by atoms with E-state index in [0.717, 1.165) is 5.56 Å². The number of carbonyl (C=O) groups is 1. The fourth-order valence-electron chi connectivity index (χ4n) is 2.03. The van der Waals surface area contributed by atoms with Gasteiger partial charge in [-0.15, -0.1) is 0 Å². The van der Waals surface area contributed by atoms with Gasteiger partial charge in [0.15, 0.2) is 0 Å². The second-order valence-corrected chi connectivity index (χ2v) is 4.56. The zero-order valence-electron chi connectivity index (χ0n) is 11.6. The van der Waals surface area contributed by atoms with Crippen LogP contribution in [0.25, 0.3) is 0 Å². The molecule has 3 N–H and O–H groups in total. The van der Waals surface area contributed by atoms with Gasteiger partial charge in [0, 0.05) is 11.3 Å². The van der Waals surface area contributed by atoms with E-state index in [1.807, 2.05) is 31.2 Å². The minimum Gasteiger partial charge on any atom is -0.497 e. The van der Waals surface area contributed by atoms with Crippen LogP contribution in [0.2, 0.25) is 0 Å². The lowest BCUT2D eigenvalue weighted by Gasteiger charge is -2.16. The van der Waals surface area contributed by atoms with Crippen LogP contribution in [-0.2, 0) is 0 Å². The highest BCUT2D eigenvalue weighted by Gasteiger charge is 2.13. The number of nitrogens with two attached hydrogens (primary N) is 1. The summed E-state index contributed by atoms with van der Waals surface area (Å²) in [4.78, 5) is 12.2. The highest BCUT2D eigenvalue weighted by atomic mass is 16.5. The molecule has 2 aromatic rings. The predicted molar refractivity (Wildman–Crippen MR) is 79.7 cm³/mol. The Bertz CT molecular complexity index is 611. The number of benzene rings is 2. The number of hydrogen-bond acceptors (Lipinski definition) is 3. The number of nitrogens with one attached hydrogen (secondary N) is 1. The summed E-state index contributed by atoms with van der Waals surface area (Å²) in [5.41, 5.74) is 8.05. The van der Waals surface area contributed by atoms with Gasteiger partial charge in [-0.2, -0.15) is 0 Å². The molecule has 104 valence electrons. The molecule has 1 atom stereocenters. The van der Waals surface area contributed by atoms with Crippen molar-refractivity contribution in [2.24, 2.45) is 0 Å². The fraction of sp³-hybridized carbons (Fsp3) is 0.188. The van der Waals surface area contributed by atoms with Crippen molar-refractivity contribution in [1.29, 1.82) is 0 Å². The van der Waals surface area contributed by atoms with Gasteiger partial charge in [0.1, 0.15) is 5.75 Å². The molecule has 4 heteroatoms. The number of para-hydroxylation sites is 1. The van der Waals surface area contributed by atoms with E-state index in [1.54, 1.807) is 31.4 Å². The third-order valence-electron chi connectivity index (χ3n) is 3.14. The summed E-state index contributed by atoms with van der Waals surface area (Å²) in [6, 6.07) is 14.4. The molecule has 2 rings (SSSR count). The van der Waals surface area contributed by atoms with E-state index >= 15 is 0 Å². The lowest BCUT2D eigenvalue weighted by molar-refractivity contribution is 0.0939. The number of ether oxygens (including phenoxy) is 1. The van der Waals surface area contributed by atoms with Crippen LogP contribution in [0, 0.1) is 0 Å². The number of hydrogen-bond donors (Lipinski definition) is 2. The van der Waals surface area contributed by atoms with Crippen LogP contribution in [0.5, 0.6) is 5.75 Å². The summed E-state index contributed by atoms with van der Waals surface area (Å²) < 4.78 is 5.11. The standard InChI is InChI=1S/C16H18N2O2/c1-11(14-8-3-4-9-15(14)17)18-16(19)12-6-5-7-13(10-12)20-2/h3-11H,17H2,1-2H3,(H,18,19). The molecular formula is C16H18N2O2. The van der Waals surface area contributed by atoms with Crippen molar-refractivity contribution in [2.75, 3.05) is 12.8 Å². The van der Waals surface area contributed by atoms with Crippen molar-refractivity contribution in [3.8, 4) is 5.75 Å². The predicted octanol–water partition coefficient (Wildman–Crippen LogP) is 2.77. The largest absolute Gasteiger partial charge is 0.497 e. The van der Waals surface area contributed by atoms with Crippen LogP contribution in [0.1, 0.15) is 28.9 Å². The topological polar surface area (TPSA) is 64.3 Å². The molecule has 2 aromatic carbocycles. The second kappa shape index (κ2) is 6.10. The van der Waals surface area contributed by atoms with E-state index in [2.05, 4.69) is 5.32 Å². The highest BCUT2D eigenvalue weighted by Crippen LogP contribution is 2.20. The van der Waals surface area contributed by atoms with Crippen molar-refractivity contribution >= 4 is 11.6 Å². The zero-order valence-corrected chi connectivity index (χ0v) is 11.6. The molecule has 0 saturated carbocycles. The maximum atomic E-state index is 12.2. The molecular weight excluding hydrogens is 252 g/mol. The van der Waals surface area contributed by atoms with Crippen molar-refractivity contribution in [3.63, 3.8) is 0 Å². The summed E-state index contributed by atoms with van der Waals surface area (Å²) in [5, 5.41) is 2.93. The van der Waals surface area contributed by atoms with E-state index in [-0.39, 0.29) is 11.9 Å². The summed E-state index contributed by atoms with van der Waals surface area (Å²) >= 11 is 0. The summed E-state index contributed by atoms with van der Waals surface area (Å²) in [6.45, 7) is 1.91. The molecule has 0 radical (unpaired) electrons. The van der Waals surface area contributed by atoms with Gasteiger partial charge in [0.25, 0.3) is 5.91 Å². The van der Waals surface area contributed by atoms with E-state index in [0.29, 0.717) is 17.0 Å². The van der Waals surface area contributed by atoms with Gasteiger partial charge in [-0.25, -0.2) is 0 Å². The molecule has 1 amide bonds. The number of nitrogen functional groups attached to an aromatic ring is 1. The Labute approximate surface area is 118 Å². The molecule has 0 aliphatic rings. The lowest BCUT2D eigenvalue weighted by atomic mass is 10.1. The molecule has 20 heavy (non-hydrogen) atoms. The lowest BCUT2D eigenvalue weighted by Crippen LogP contribution is -2.27. The van der Waals surface area contributed by atoms with E-state index in [9.17, 15) is 4.79 Å². The number of amides is 1. The SMILES string of the molecule is COc1cccc(C(=O)NC(C)c2ccccc2N)c1. The van der Waals surface area contributed by atoms with E-state index in [4.69, 9.17) is 10.5 Å². The van der Waals surface area contributed by atoms with Crippen molar-refractivity contribution in [3.05, 3.63) is 59.7 Å². The molecule has 0 saturated heterocycles. The van der Waals surface area contributed by atoms with Gasteiger partial charge >= 0.3 is 0 Å². The second-order valence-electron chi connectivity index (χ2n) is 4.56. The number of rotatable bonds is 4. The van der Waals surface area contributed by atoms with Gasteiger partial charge < -0.3 is 15.8 Å². The molecule has 0 spiro atoms. The smallest absolute Gasteiger partial charge is 0.251 e. The third-order valence-corrected chi connectivity index (χ3v) is 3.14. The molecule has 0 aliphatic heterocycles. The van der Waals surface area contributed by atoms with Gasteiger partial charge in [0.2, 0.25) is 0 Å². The maximum Gasteiger partial charge on any atom is 0.251 e. The quantitative estimate of drug-likeness (QED) is 0.840. The average Bonchev–Trinajstić information content (AvgIpc) is 2.47. The average molecular weight is 270 g/mol. The molecule has 0 fully saturated rings. The Morgan fingerprint density at radius 1 is 1.20 bits per heavy atom. The Kier molecular flexibility index (Phi) is 4.25. The van der Waals surface area contributed by atoms with Crippen molar-refractivity contribution in [2.45, 2.75) is 13.0 Å². The third kappa shape index (κ3) is 3.09. The molecule has 0 aromatic heterocycles. The Balaban J connectivity index is 2.13. The molecule has 0 aliphatic carbocycles. The number of anilines is 1. The first kappa shape index (κ1) is 13.9. The first-order chi connectivity index (χ1) is 9.61. The normalized spacial score (nSPS) is 11.7. The van der Waals surface area contributed by atoms with Crippen molar-refractivity contribution in [1.82, 2.24) is 5.32 Å². The minimum absolute atomic E-state index is 0.153. The first-order valence-corrected chi connectivity index (χ1v) is 6.41. The molecule has 1 unspecified atom stereocenters. The minimum atomic E-state index is -0.157. The van der Waals surface area contributed by atoms with Crippen LogP contribution >= 0.6 is 0 Å². The van der Waals surface area contributed by atoms with E-state index < -0.39 is 0 Å². The number of carbonyl (C=O) groups excluding carboxylic acids is 1. The van der Waals surface area contributed by atoms with Crippen LogP contribution in [0.3, 0.4) is 0 Å². The van der Waals surface area contributed by atoms with E-state index in [1.165, 1.54) is 0 Å². The van der Waals surface area contributed by atoms with Gasteiger partial charge in [-0.3, -0.25) is 4.79 Å². The monoisotopic (exact) mass is 270 g/mol. The number of methoxy groups -OCH3 is 1. The van der Waals surface area contributed by atoms with Crippen LogP contribution in [-0.4, -0.2) is 13.0 Å². The van der Waals surface area contributed by atoms with Crippen molar-refractivity contribution < 1.29 is 9.53 Å². The maximum absolute atomic E-state index is 12.2. The summed E-state index contributed by atoms with van der Waals surface area (Å²) in [7, 11) is 1.57. The van der Waals surface area contributed by atoms with Gasteiger partial charge in [0.05, 0.1) is 13.2 Å². The Morgan fingerprint density at radius 2 is 1.95 bits per heavy atom. The zero-order chi connectivity index (χ0) is 14.5. The molecule has 0 bridgehead atoms. The molecule has 4 nitrogen and oxygen atoms in total. The highest BCUT2D eigenvalue weighted by molar-refractivity contribution is 5.94. The van der Waals surface area contributed by atoms with Gasteiger partial charge in [-0.1, -0.05) is 24.3 Å². The Hall–Kier alpha value is -2.49. The molecule has 0 heterocycles.